The lowest BCUT2D eigenvalue weighted by Crippen LogP contribution is -2.29. The van der Waals surface area contributed by atoms with E-state index in [1.165, 1.54) is 43.4 Å². The summed E-state index contributed by atoms with van der Waals surface area (Å²) in [5, 5.41) is 21.6. The second kappa shape index (κ2) is 9.29. The predicted octanol–water partition coefficient (Wildman–Crippen LogP) is 5.34. The average molecular weight is 500 g/mol. The summed E-state index contributed by atoms with van der Waals surface area (Å²) < 4.78 is 10.4. The van der Waals surface area contributed by atoms with Gasteiger partial charge in [0.15, 0.2) is 11.5 Å². The van der Waals surface area contributed by atoms with Gasteiger partial charge in [0, 0.05) is 11.3 Å². The molecule has 0 aliphatic carbocycles. The van der Waals surface area contributed by atoms with Crippen molar-refractivity contribution in [1.29, 1.82) is 0 Å². The van der Waals surface area contributed by atoms with Crippen LogP contribution in [0.5, 0.6) is 17.2 Å². The van der Waals surface area contributed by atoms with Crippen LogP contribution in [-0.4, -0.2) is 36.1 Å². The minimum atomic E-state index is -1.09. The summed E-state index contributed by atoms with van der Waals surface area (Å²) in [5.74, 6) is -2.09. The van der Waals surface area contributed by atoms with E-state index in [0.29, 0.717) is 17.0 Å². The Labute approximate surface area is 205 Å². The number of benzene rings is 3. The monoisotopic (exact) mass is 499 g/mol. The Balaban J connectivity index is 2.02. The third-order valence-corrected chi connectivity index (χ3v) is 6.11. The first-order chi connectivity index (χ1) is 16.3. The molecular weight excluding hydrogens is 481 g/mol. The molecule has 9 heteroatoms. The van der Waals surface area contributed by atoms with Crippen LogP contribution in [0.15, 0.2) is 66.2 Å². The number of amides is 1. The molecule has 1 fully saturated rings. The van der Waals surface area contributed by atoms with Gasteiger partial charge in [-0.3, -0.25) is 14.5 Å². The number of ether oxygens (including phenoxy) is 2. The summed E-state index contributed by atoms with van der Waals surface area (Å²) in [4.78, 5) is 27.7. The fourth-order valence-corrected chi connectivity index (χ4v) is 4.29. The maximum Gasteiger partial charge on any atom is 0.300 e. The number of rotatable bonds is 5. The van der Waals surface area contributed by atoms with Gasteiger partial charge in [-0.25, -0.2) is 0 Å². The molecule has 1 aliphatic heterocycles. The number of methoxy groups -OCH3 is 2. The van der Waals surface area contributed by atoms with Crippen LogP contribution >= 0.6 is 23.2 Å². The Hall–Kier alpha value is -3.68. The van der Waals surface area contributed by atoms with Gasteiger partial charge in [0.1, 0.15) is 11.5 Å². The Morgan fingerprint density at radius 1 is 0.941 bits per heavy atom. The number of hydrogen-bond acceptors (Lipinski definition) is 6. The largest absolute Gasteiger partial charge is 0.507 e. The van der Waals surface area contributed by atoms with Crippen LogP contribution in [0, 0.1) is 0 Å². The molecule has 1 saturated heterocycles. The third kappa shape index (κ3) is 3.93. The molecule has 0 radical (unpaired) electrons. The van der Waals surface area contributed by atoms with Gasteiger partial charge in [0.25, 0.3) is 11.7 Å². The van der Waals surface area contributed by atoms with Gasteiger partial charge >= 0.3 is 0 Å². The van der Waals surface area contributed by atoms with E-state index < -0.39 is 23.5 Å². The van der Waals surface area contributed by atoms with Crippen molar-refractivity contribution in [2.75, 3.05) is 19.1 Å². The molecule has 0 aromatic heterocycles. The number of carbonyl (C=O) groups is 2. The minimum Gasteiger partial charge on any atom is -0.507 e. The fraction of sp³-hybridized carbons (Fsp3) is 0.120. The molecule has 34 heavy (non-hydrogen) atoms. The third-order valence-electron chi connectivity index (χ3n) is 5.49. The number of aliphatic hydroxyl groups is 1. The van der Waals surface area contributed by atoms with Crippen LogP contribution in [0.1, 0.15) is 17.2 Å². The van der Waals surface area contributed by atoms with Gasteiger partial charge in [-0.1, -0.05) is 41.4 Å². The number of Topliss-reactive ketones (excluding diaryl/α,β-unsaturated/α-hetero) is 1. The highest BCUT2D eigenvalue weighted by Crippen LogP contribution is 2.46. The molecule has 1 atom stereocenters. The van der Waals surface area contributed by atoms with Crippen molar-refractivity contribution in [1.82, 2.24) is 0 Å². The zero-order valence-electron chi connectivity index (χ0n) is 18.1. The van der Waals surface area contributed by atoms with Gasteiger partial charge in [-0.15, -0.1) is 0 Å². The quantitative estimate of drug-likeness (QED) is 0.279. The standard InChI is InChI=1S/C25H19Cl2NO6/c1-33-15-8-9-17(26)16(12-15)22(29)20-21(13-10-18(27)23(30)19(11-13)34-2)28(25(32)24(20)31)14-6-4-3-5-7-14/h3-12,21,29-30H,1-2H3/b22-20+. The summed E-state index contributed by atoms with van der Waals surface area (Å²) >= 11 is 12.5. The van der Waals surface area contributed by atoms with Gasteiger partial charge in [0.2, 0.25) is 0 Å². The average Bonchev–Trinajstić information content (AvgIpc) is 3.11. The van der Waals surface area contributed by atoms with E-state index in [9.17, 15) is 19.8 Å². The number of carbonyl (C=O) groups excluding carboxylic acids is 2. The number of aromatic hydroxyl groups is 1. The first-order valence-electron chi connectivity index (χ1n) is 10.0. The molecule has 1 aliphatic rings. The van der Waals surface area contributed by atoms with Crippen LogP contribution in [0.4, 0.5) is 5.69 Å². The van der Waals surface area contributed by atoms with Crippen LogP contribution in [0.25, 0.3) is 5.76 Å². The summed E-state index contributed by atoms with van der Waals surface area (Å²) in [6.45, 7) is 0. The van der Waals surface area contributed by atoms with Gasteiger partial charge in [0.05, 0.1) is 35.9 Å². The highest BCUT2D eigenvalue weighted by molar-refractivity contribution is 6.52. The van der Waals surface area contributed by atoms with Crippen LogP contribution in [0.3, 0.4) is 0 Å². The predicted molar refractivity (Wildman–Crippen MR) is 129 cm³/mol. The maximum atomic E-state index is 13.3. The maximum absolute atomic E-state index is 13.3. The molecule has 0 saturated carbocycles. The highest BCUT2D eigenvalue weighted by Gasteiger charge is 2.47. The molecule has 3 aromatic carbocycles. The molecule has 4 rings (SSSR count). The smallest absolute Gasteiger partial charge is 0.300 e. The van der Waals surface area contributed by atoms with Crippen molar-refractivity contribution in [2.24, 2.45) is 0 Å². The Kier molecular flexibility index (Phi) is 6.41. The Morgan fingerprint density at radius 2 is 1.65 bits per heavy atom. The number of phenols is 1. The lowest BCUT2D eigenvalue weighted by molar-refractivity contribution is -0.132. The van der Waals surface area contributed by atoms with E-state index in [1.54, 1.807) is 36.4 Å². The van der Waals surface area contributed by atoms with E-state index in [4.69, 9.17) is 32.7 Å². The van der Waals surface area contributed by atoms with Crippen molar-refractivity contribution in [2.45, 2.75) is 6.04 Å². The van der Waals surface area contributed by atoms with Crippen molar-refractivity contribution < 1.29 is 29.3 Å². The zero-order chi connectivity index (χ0) is 24.6. The minimum absolute atomic E-state index is 0.0422. The van der Waals surface area contributed by atoms with Crippen LogP contribution in [0.2, 0.25) is 10.0 Å². The molecule has 2 N–H and O–H groups in total. The normalized spacial score (nSPS) is 17.2. The molecule has 0 bridgehead atoms. The first-order valence-corrected chi connectivity index (χ1v) is 10.8. The van der Waals surface area contributed by atoms with Crippen molar-refractivity contribution in [3.05, 3.63) is 87.4 Å². The van der Waals surface area contributed by atoms with E-state index >= 15 is 0 Å². The molecule has 174 valence electrons. The number of para-hydroxylation sites is 1. The highest BCUT2D eigenvalue weighted by atomic mass is 35.5. The summed E-state index contributed by atoms with van der Waals surface area (Å²) in [6.07, 6.45) is 0. The van der Waals surface area contributed by atoms with E-state index in [-0.39, 0.29) is 32.7 Å². The topological polar surface area (TPSA) is 96.3 Å². The number of nitrogens with zero attached hydrogens (tertiary/aromatic N) is 1. The molecule has 1 amide bonds. The number of ketones is 1. The number of halogens is 2. The number of hydrogen-bond donors (Lipinski definition) is 2. The Morgan fingerprint density at radius 3 is 2.29 bits per heavy atom. The first kappa shape index (κ1) is 23.5. The SMILES string of the molecule is COc1ccc(Cl)c(/C(O)=C2\C(=O)C(=O)N(c3ccccc3)C2c2cc(Cl)c(O)c(OC)c2)c1. The van der Waals surface area contributed by atoms with E-state index in [0.717, 1.165) is 0 Å². The van der Waals surface area contributed by atoms with E-state index in [2.05, 4.69) is 0 Å². The number of phenolic OH excluding ortho intramolecular Hbond substituents is 1. The van der Waals surface area contributed by atoms with Crippen molar-refractivity contribution in [3.63, 3.8) is 0 Å². The Bertz CT molecular complexity index is 1320. The molecular formula is C25H19Cl2NO6. The second-order valence-corrected chi connectivity index (χ2v) is 8.22. The molecule has 1 unspecified atom stereocenters. The van der Waals surface area contributed by atoms with Crippen LogP contribution in [-0.2, 0) is 9.59 Å². The molecule has 0 spiro atoms. The van der Waals surface area contributed by atoms with Gasteiger partial charge in [-0.2, -0.15) is 0 Å². The van der Waals surface area contributed by atoms with Gasteiger partial charge < -0.3 is 19.7 Å². The summed E-state index contributed by atoms with van der Waals surface area (Å²) in [6, 6.07) is 14.9. The number of aliphatic hydroxyl groups excluding tert-OH is 1. The lowest BCUT2D eigenvalue weighted by atomic mass is 9.94. The molecule has 3 aromatic rings. The van der Waals surface area contributed by atoms with E-state index in [1.807, 2.05) is 0 Å². The molecule has 7 nitrogen and oxygen atoms in total. The summed E-state index contributed by atoms with van der Waals surface area (Å²) in [7, 11) is 2.80. The zero-order valence-corrected chi connectivity index (χ0v) is 19.6. The van der Waals surface area contributed by atoms with Crippen molar-refractivity contribution in [3.8, 4) is 17.2 Å². The second-order valence-electron chi connectivity index (χ2n) is 7.40. The fourth-order valence-electron chi connectivity index (χ4n) is 3.87. The molecule has 1 heterocycles. The lowest BCUT2D eigenvalue weighted by Gasteiger charge is -2.26. The summed E-state index contributed by atoms with van der Waals surface area (Å²) in [5.41, 5.74) is 0.679. The number of anilines is 1. The van der Waals surface area contributed by atoms with Gasteiger partial charge in [-0.05, 0) is 48.0 Å². The van der Waals surface area contributed by atoms with Crippen molar-refractivity contribution >= 4 is 46.3 Å². The van der Waals surface area contributed by atoms with Crippen LogP contribution < -0.4 is 14.4 Å².